The number of likely N-dealkylation sites (tertiary alicyclic amines) is 1. The van der Waals surface area contributed by atoms with Gasteiger partial charge in [0.1, 0.15) is 24.2 Å². The summed E-state index contributed by atoms with van der Waals surface area (Å²) in [6.07, 6.45) is 4.31. The third kappa shape index (κ3) is 21.3. The van der Waals surface area contributed by atoms with Crippen LogP contribution in [0, 0.1) is 23.7 Å². The first kappa shape index (κ1) is 68.0. The zero-order valence-electron chi connectivity index (χ0n) is 49.1. The van der Waals surface area contributed by atoms with Gasteiger partial charge < -0.3 is 65.1 Å². The predicted octanol–water partition coefficient (Wildman–Crippen LogP) is 2.20. The average molecular weight is 1160 g/mol. The molecule has 3 aliphatic rings. The number of esters is 2. The second kappa shape index (κ2) is 33.5. The molecule has 0 spiro atoms. The van der Waals surface area contributed by atoms with E-state index >= 15 is 0 Å². The van der Waals surface area contributed by atoms with Gasteiger partial charge in [-0.1, -0.05) is 58.0 Å². The van der Waals surface area contributed by atoms with Gasteiger partial charge in [-0.3, -0.25) is 47.9 Å². The Balaban J connectivity index is 1.23. The van der Waals surface area contributed by atoms with E-state index in [1.165, 1.54) is 31.0 Å². The predicted molar refractivity (Wildman–Crippen MR) is 296 cm³/mol. The SMILES string of the molecule is COC(=O)CCC(=O)O[C@@H]1CC[C@H](C[C@@H](C)CCC(=O)NCCNC(=O)CN(C)C(=O)[C@H](Cc2ccccc2)NC(=O)[C@H](CC(C)C)N(C)C(=O)CNC(=O)CC[C@H]2CC[C@@H](C)[C@](O)(C(=O)C(=O)N3CCCC[C@H]3C(=O)O)O2)C[C@H]1OC. The Hall–Kier alpha value is -6.53. The van der Waals surface area contributed by atoms with Crippen LogP contribution in [0.1, 0.15) is 136 Å². The number of carbonyl (C=O) groups excluding carboxylic acids is 10. The van der Waals surface area contributed by atoms with Crippen molar-refractivity contribution in [2.24, 2.45) is 23.7 Å². The van der Waals surface area contributed by atoms with Gasteiger partial charge in [-0.05, 0) is 100 Å². The third-order valence-electron chi connectivity index (χ3n) is 15.7. The van der Waals surface area contributed by atoms with Crippen LogP contribution in [0.3, 0.4) is 0 Å². The second-order valence-electron chi connectivity index (χ2n) is 22.6. The van der Waals surface area contributed by atoms with E-state index in [1.807, 2.05) is 13.8 Å². The molecule has 0 unspecified atom stereocenters. The molecule has 458 valence electrons. The van der Waals surface area contributed by atoms with Crippen molar-refractivity contribution >= 4 is 65.0 Å². The Morgan fingerprint density at radius 3 is 2.13 bits per heavy atom. The summed E-state index contributed by atoms with van der Waals surface area (Å²) < 4.78 is 21.7. The number of nitrogens with one attached hydrogen (secondary N) is 4. The molecule has 2 saturated heterocycles. The molecule has 3 fully saturated rings. The summed E-state index contributed by atoms with van der Waals surface area (Å²) >= 11 is 0. The van der Waals surface area contributed by atoms with Crippen molar-refractivity contribution in [2.45, 2.75) is 179 Å². The number of ketones is 1. The number of benzene rings is 1. The fraction of sp³-hybridized carbons (Fsp3) is 0.707. The number of hydrogen-bond donors (Lipinski definition) is 6. The molecule has 7 amide bonds. The minimum atomic E-state index is -2.53. The minimum Gasteiger partial charge on any atom is -0.480 e. The van der Waals surface area contributed by atoms with E-state index in [0.717, 1.165) is 23.3 Å². The molecule has 82 heavy (non-hydrogen) atoms. The number of piperidine rings is 1. The topological polar surface area (TPSA) is 323 Å². The summed E-state index contributed by atoms with van der Waals surface area (Å²) in [4.78, 5) is 146. The average Bonchev–Trinajstić information content (AvgIpc) is 3.66. The van der Waals surface area contributed by atoms with Gasteiger partial charge >= 0.3 is 17.9 Å². The maximum absolute atomic E-state index is 14.2. The molecule has 2 aliphatic heterocycles. The van der Waals surface area contributed by atoms with Crippen molar-refractivity contribution in [3.63, 3.8) is 0 Å². The van der Waals surface area contributed by atoms with E-state index in [-0.39, 0.29) is 108 Å². The number of ether oxygens (including phenoxy) is 4. The summed E-state index contributed by atoms with van der Waals surface area (Å²) in [7, 11) is 5.69. The van der Waals surface area contributed by atoms with Crippen LogP contribution in [-0.4, -0.2) is 193 Å². The lowest BCUT2D eigenvalue weighted by Gasteiger charge is -2.42. The van der Waals surface area contributed by atoms with Crippen LogP contribution in [-0.2, 0) is 78.1 Å². The molecule has 24 nitrogen and oxygen atoms in total. The van der Waals surface area contributed by atoms with Gasteiger partial charge in [-0.15, -0.1) is 0 Å². The Morgan fingerprint density at radius 2 is 1.48 bits per heavy atom. The first-order valence-electron chi connectivity index (χ1n) is 28.8. The van der Waals surface area contributed by atoms with Crippen molar-refractivity contribution in [3.8, 4) is 0 Å². The third-order valence-corrected chi connectivity index (χ3v) is 15.7. The van der Waals surface area contributed by atoms with E-state index in [0.29, 0.717) is 44.4 Å². The lowest BCUT2D eigenvalue weighted by atomic mass is 9.79. The van der Waals surface area contributed by atoms with Gasteiger partial charge in [0.25, 0.3) is 11.7 Å². The van der Waals surface area contributed by atoms with Gasteiger partial charge in [0.15, 0.2) is 0 Å². The van der Waals surface area contributed by atoms with Gasteiger partial charge in [0.05, 0.1) is 45.2 Å². The van der Waals surface area contributed by atoms with Gasteiger partial charge in [-0.2, -0.15) is 0 Å². The summed E-state index contributed by atoms with van der Waals surface area (Å²) in [6, 6.07) is 5.53. The molecule has 24 heteroatoms. The highest BCUT2D eigenvalue weighted by Gasteiger charge is 2.52. The quantitative estimate of drug-likeness (QED) is 0.0353. The fourth-order valence-corrected chi connectivity index (χ4v) is 10.8. The van der Waals surface area contributed by atoms with Crippen LogP contribution in [0.15, 0.2) is 30.3 Å². The fourth-order valence-electron chi connectivity index (χ4n) is 10.8. The van der Waals surface area contributed by atoms with E-state index in [9.17, 15) is 63.0 Å². The first-order valence-corrected chi connectivity index (χ1v) is 28.8. The maximum atomic E-state index is 14.2. The number of carboxylic acids is 1. The number of nitrogens with zero attached hydrogens (tertiary/aromatic N) is 3. The first-order chi connectivity index (χ1) is 38.9. The maximum Gasteiger partial charge on any atom is 0.326 e. The van der Waals surface area contributed by atoms with E-state index in [2.05, 4.69) is 32.9 Å². The minimum absolute atomic E-state index is 0.0207. The summed E-state index contributed by atoms with van der Waals surface area (Å²) in [5.74, 6) is -10.5. The summed E-state index contributed by atoms with van der Waals surface area (Å²) in [5.41, 5.74) is 0.721. The molecule has 0 radical (unpaired) electrons. The monoisotopic (exact) mass is 1160 g/mol. The lowest BCUT2D eigenvalue weighted by molar-refractivity contribution is -0.263. The zero-order valence-corrected chi connectivity index (χ0v) is 49.1. The highest BCUT2D eigenvalue weighted by molar-refractivity contribution is 6.39. The van der Waals surface area contributed by atoms with Crippen LogP contribution in [0.25, 0.3) is 0 Å². The smallest absolute Gasteiger partial charge is 0.326 e. The van der Waals surface area contributed by atoms with E-state index in [1.54, 1.807) is 44.4 Å². The highest BCUT2D eigenvalue weighted by Crippen LogP contribution is 2.36. The van der Waals surface area contributed by atoms with Crippen LogP contribution in [0.4, 0.5) is 0 Å². The standard InChI is InChI=1S/C58H89N7O17/c1-36(2)30-44(64(6)50(69)34-61-48(67)24-21-41-20-18-38(4)58(78,82-41)53(72)56(75)65-29-13-12-16-43(65)57(76)77)54(73)62-42(32-39-14-10-9-11-15-39)55(74)63(5)35-49(68)60-28-27-59-47(66)23-17-37(3)31-40-19-22-45(46(33-40)79-7)81-52(71)26-25-51(70)80-8/h9-11,14-15,36-38,40-46,78H,12-13,16-35H2,1-8H3,(H,59,66)(H,60,68)(H,61,67)(H,62,73)(H,76,77)/t37-,38+,40+,41+,42-,43-,44-,45+,46+,58+/m0/s1. The summed E-state index contributed by atoms with van der Waals surface area (Å²) in [5, 5.41) is 32.0. The molecule has 1 aliphatic carbocycles. The molecule has 1 aromatic carbocycles. The number of carboxylic acid groups (broad SMARTS) is 1. The molecular formula is C58H89N7O17. The molecule has 0 aromatic heterocycles. The molecular weight excluding hydrogens is 1070 g/mol. The Labute approximate surface area is 481 Å². The van der Waals surface area contributed by atoms with E-state index in [4.69, 9.17) is 14.2 Å². The van der Waals surface area contributed by atoms with Crippen molar-refractivity contribution in [1.82, 2.24) is 36.0 Å². The number of aliphatic hydroxyl groups is 1. The van der Waals surface area contributed by atoms with Crippen LogP contribution < -0.4 is 21.3 Å². The van der Waals surface area contributed by atoms with Crippen molar-refractivity contribution in [2.75, 3.05) is 61.0 Å². The van der Waals surface area contributed by atoms with Crippen LogP contribution in [0.2, 0.25) is 0 Å². The normalized spacial score (nSPS) is 22.7. The molecule has 1 aromatic rings. The van der Waals surface area contributed by atoms with Crippen LogP contribution >= 0.6 is 0 Å². The molecule has 4 rings (SSSR count). The number of methoxy groups -OCH3 is 2. The highest BCUT2D eigenvalue weighted by atomic mass is 16.6. The molecule has 0 bridgehead atoms. The number of Topliss-reactive ketones (excluding diaryl/α,β-unsaturated/α-hetero) is 1. The van der Waals surface area contributed by atoms with Gasteiger partial charge in [0, 0.05) is 66.0 Å². The van der Waals surface area contributed by atoms with Gasteiger partial charge in [0.2, 0.25) is 41.2 Å². The summed E-state index contributed by atoms with van der Waals surface area (Å²) in [6.45, 7) is 6.80. The second-order valence-corrected chi connectivity index (χ2v) is 22.6. The number of rotatable bonds is 31. The molecule has 6 N–H and O–H groups in total. The van der Waals surface area contributed by atoms with Crippen molar-refractivity contribution in [3.05, 3.63) is 35.9 Å². The largest absolute Gasteiger partial charge is 0.480 e. The number of aliphatic carboxylic acids is 1. The molecule has 2 heterocycles. The van der Waals surface area contributed by atoms with Crippen molar-refractivity contribution < 1.29 is 81.9 Å². The lowest BCUT2D eigenvalue weighted by Crippen LogP contribution is -2.60. The Kier molecular flexibility index (Phi) is 27.8. The Morgan fingerprint density at radius 1 is 0.805 bits per heavy atom. The number of amides is 7. The molecule has 1 saturated carbocycles. The zero-order chi connectivity index (χ0) is 60.7. The number of hydrogen-bond acceptors (Lipinski definition) is 16. The number of carbonyl (C=O) groups is 11. The number of likely N-dealkylation sites (N-methyl/N-ethyl adjacent to an activating group) is 2. The van der Waals surface area contributed by atoms with Crippen molar-refractivity contribution in [1.29, 1.82) is 0 Å². The van der Waals surface area contributed by atoms with Gasteiger partial charge in [-0.25, -0.2) is 4.79 Å². The molecule has 10 atom stereocenters. The van der Waals surface area contributed by atoms with E-state index < -0.39 is 108 Å². The Bertz CT molecular complexity index is 2360. The van der Waals surface area contributed by atoms with Crippen LogP contribution in [0.5, 0.6) is 0 Å².